The molecular formula is C23H46IN5O2. The number of piperidine rings is 2. The van der Waals surface area contributed by atoms with Gasteiger partial charge in [0.15, 0.2) is 5.96 Å². The fourth-order valence-corrected chi connectivity index (χ4v) is 4.89. The van der Waals surface area contributed by atoms with Gasteiger partial charge in [0, 0.05) is 37.8 Å². The lowest BCUT2D eigenvalue weighted by molar-refractivity contribution is 0.0208. The molecule has 0 aromatic rings. The number of hydrogen-bond acceptors (Lipinski definition) is 5. The highest BCUT2D eigenvalue weighted by Crippen LogP contribution is 2.31. The van der Waals surface area contributed by atoms with E-state index in [4.69, 9.17) is 14.5 Å². The summed E-state index contributed by atoms with van der Waals surface area (Å²) in [4.78, 5) is 10.3. The van der Waals surface area contributed by atoms with Gasteiger partial charge in [-0.1, -0.05) is 6.42 Å². The third-order valence-corrected chi connectivity index (χ3v) is 6.96. The molecule has 1 atom stereocenters. The molecule has 3 aliphatic heterocycles. The molecule has 7 nitrogen and oxygen atoms in total. The van der Waals surface area contributed by atoms with Crippen molar-refractivity contribution in [3.05, 3.63) is 0 Å². The molecule has 0 spiro atoms. The fourth-order valence-electron chi connectivity index (χ4n) is 4.89. The van der Waals surface area contributed by atoms with Crippen LogP contribution in [-0.2, 0) is 9.47 Å². The number of aliphatic imine (C=N–C) groups is 1. The quantitative estimate of drug-likeness (QED) is 0.189. The number of ether oxygens (including phenoxy) is 2. The van der Waals surface area contributed by atoms with Gasteiger partial charge in [0.25, 0.3) is 0 Å². The summed E-state index contributed by atoms with van der Waals surface area (Å²) in [6, 6.07) is 0. The maximum atomic E-state index is 5.83. The first-order chi connectivity index (χ1) is 14.7. The van der Waals surface area contributed by atoms with Crippen molar-refractivity contribution in [3.8, 4) is 0 Å². The van der Waals surface area contributed by atoms with E-state index in [-0.39, 0.29) is 29.5 Å². The highest BCUT2D eigenvalue weighted by molar-refractivity contribution is 14.0. The molecule has 8 heteroatoms. The number of likely N-dealkylation sites (tertiary alicyclic amines) is 2. The summed E-state index contributed by atoms with van der Waals surface area (Å²) in [5.74, 6) is 1.55. The normalized spacial score (nSPS) is 25.2. The van der Waals surface area contributed by atoms with Gasteiger partial charge in [0.1, 0.15) is 0 Å². The summed E-state index contributed by atoms with van der Waals surface area (Å²) in [7, 11) is 2.25. The SMILES string of the molecule is CCNC(=NCC1(N2CCCCC2)CCN(C)CC1)NCCCOCC1CCOC1.I. The van der Waals surface area contributed by atoms with Gasteiger partial charge >= 0.3 is 0 Å². The van der Waals surface area contributed by atoms with Crippen molar-refractivity contribution in [1.29, 1.82) is 0 Å². The van der Waals surface area contributed by atoms with E-state index in [9.17, 15) is 0 Å². The van der Waals surface area contributed by atoms with Crippen molar-refractivity contribution >= 4 is 29.9 Å². The van der Waals surface area contributed by atoms with Crippen LogP contribution >= 0.6 is 24.0 Å². The van der Waals surface area contributed by atoms with Gasteiger partial charge in [-0.2, -0.15) is 0 Å². The smallest absolute Gasteiger partial charge is 0.191 e. The Labute approximate surface area is 207 Å². The molecule has 3 aliphatic rings. The average molecular weight is 552 g/mol. The molecule has 31 heavy (non-hydrogen) atoms. The van der Waals surface area contributed by atoms with E-state index in [1.165, 1.54) is 58.3 Å². The van der Waals surface area contributed by atoms with Crippen LogP contribution in [0.5, 0.6) is 0 Å². The highest BCUT2D eigenvalue weighted by atomic mass is 127. The van der Waals surface area contributed by atoms with Crippen molar-refractivity contribution < 1.29 is 9.47 Å². The van der Waals surface area contributed by atoms with Crippen LogP contribution in [0.4, 0.5) is 0 Å². The Kier molecular flexibility index (Phi) is 13.0. The molecule has 3 rings (SSSR count). The Bertz CT molecular complexity index is 502. The summed E-state index contributed by atoms with van der Waals surface area (Å²) in [5, 5.41) is 6.96. The third kappa shape index (κ3) is 8.95. The minimum Gasteiger partial charge on any atom is -0.381 e. The zero-order valence-corrected chi connectivity index (χ0v) is 22.2. The molecule has 2 N–H and O–H groups in total. The first-order valence-corrected chi connectivity index (χ1v) is 12.3. The molecule has 0 amide bonds. The summed E-state index contributed by atoms with van der Waals surface area (Å²) in [5.41, 5.74) is 0.238. The van der Waals surface area contributed by atoms with Gasteiger partial charge < -0.3 is 25.0 Å². The van der Waals surface area contributed by atoms with E-state index in [0.29, 0.717) is 5.92 Å². The van der Waals surface area contributed by atoms with E-state index in [1.807, 2.05) is 0 Å². The molecular weight excluding hydrogens is 505 g/mol. The molecule has 1 unspecified atom stereocenters. The summed E-state index contributed by atoms with van der Waals surface area (Å²) in [6.45, 7) is 13.1. The van der Waals surface area contributed by atoms with Crippen LogP contribution in [0.2, 0.25) is 0 Å². The summed E-state index contributed by atoms with van der Waals surface area (Å²) < 4.78 is 11.2. The topological polar surface area (TPSA) is 61.4 Å². The molecule has 0 bridgehead atoms. The number of nitrogens with one attached hydrogen (secondary N) is 2. The molecule has 0 saturated carbocycles. The number of halogens is 1. The van der Waals surface area contributed by atoms with Crippen LogP contribution in [0.3, 0.4) is 0 Å². The second kappa shape index (κ2) is 14.9. The monoisotopic (exact) mass is 551 g/mol. The summed E-state index contributed by atoms with van der Waals surface area (Å²) >= 11 is 0. The molecule has 0 aliphatic carbocycles. The summed E-state index contributed by atoms with van der Waals surface area (Å²) in [6.07, 6.45) is 8.66. The Hall–Kier alpha value is -0.160. The zero-order chi connectivity index (χ0) is 21.1. The van der Waals surface area contributed by atoms with E-state index in [0.717, 1.165) is 64.9 Å². The number of guanidine groups is 1. The van der Waals surface area contributed by atoms with Gasteiger partial charge in [-0.25, -0.2) is 0 Å². The van der Waals surface area contributed by atoms with E-state index >= 15 is 0 Å². The van der Waals surface area contributed by atoms with Crippen LogP contribution in [0.15, 0.2) is 4.99 Å². The third-order valence-electron chi connectivity index (χ3n) is 6.96. The molecule has 0 aromatic heterocycles. The molecule has 3 fully saturated rings. The van der Waals surface area contributed by atoms with Crippen molar-refractivity contribution in [2.75, 3.05) is 79.3 Å². The van der Waals surface area contributed by atoms with Gasteiger partial charge in [-0.15, -0.1) is 24.0 Å². The van der Waals surface area contributed by atoms with Crippen LogP contribution in [0, 0.1) is 5.92 Å². The average Bonchev–Trinajstić information content (AvgIpc) is 3.30. The Morgan fingerprint density at radius 2 is 1.90 bits per heavy atom. The Morgan fingerprint density at radius 1 is 1.13 bits per heavy atom. The van der Waals surface area contributed by atoms with Crippen LogP contribution < -0.4 is 10.6 Å². The van der Waals surface area contributed by atoms with Crippen LogP contribution in [-0.4, -0.2) is 101 Å². The van der Waals surface area contributed by atoms with Crippen molar-refractivity contribution in [2.24, 2.45) is 10.9 Å². The maximum absolute atomic E-state index is 5.83. The number of rotatable bonds is 10. The first kappa shape index (κ1) is 27.1. The van der Waals surface area contributed by atoms with E-state index in [1.54, 1.807) is 0 Å². The molecule has 3 heterocycles. The highest BCUT2D eigenvalue weighted by Gasteiger charge is 2.39. The zero-order valence-electron chi connectivity index (χ0n) is 19.9. The van der Waals surface area contributed by atoms with Crippen molar-refractivity contribution in [2.45, 2.75) is 57.4 Å². The minimum atomic E-state index is 0. The minimum absolute atomic E-state index is 0. The number of hydrogen-bond donors (Lipinski definition) is 2. The molecule has 0 radical (unpaired) electrons. The predicted molar refractivity (Wildman–Crippen MR) is 139 cm³/mol. The van der Waals surface area contributed by atoms with Crippen molar-refractivity contribution in [3.63, 3.8) is 0 Å². The maximum Gasteiger partial charge on any atom is 0.191 e. The lowest BCUT2D eigenvalue weighted by Crippen LogP contribution is -2.58. The molecule has 0 aromatic carbocycles. The lowest BCUT2D eigenvalue weighted by atomic mass is 9.84. The first-order valence-electron chi connectivity index (χ1n) is 12.3. The molecule has 182 valence electrons. The fraction of sp³-hybridized carbons (Fsp3) is 0.957. The second-order valence-corrected chi connectivity index (χ2v) is 9.36. The van der Waals surface area contributed by atoms with E-state index < -0.39 is 0 Å². The van der Waals surface area contributed by atoms with Gasteiger partial charge in [0.05, 0.1) is 19.8 Å². The van der Waals surface area contributed by atoms with Crippen molar-refractivity contribution in [1.82, 2.24) is 20.4 Å². The van der Waals surface area contributed by atoms with Gasteiger partial charge in [0.2, 0.25) is 0 Å². The lowest BCUT2D eigenvalue weighted by Gasteiger charge is -2.49. The Morgan fingerprint density at radius 3 is 2.58 bits per heavy atom. The van der Waals surface area contributed by atoms with Crippen LogP contribution in [0.1, 0.15) is 51.9 Å². The van der Waals surface area contributed by atoms with Gasteiger partial charge in [-0.3, -0.25) is 9.89 Å². The standard InChI is InChI=1S/C23H45N5O2.HI/c1-3-24-22(25-11-7-16-29-18-21-8-17-30-19-21)26-20-23(9-14-27(2)15-10-23)28-12-5-4-6-13-28;/h21H,3-20H2,1-2H3,(H2,24,25,26);1H. The van der Waals surface area contributed by atoms with Crippen LogP contribution in [0.25, 0.3) is 0 Å². The largest absolute Gasteiger partial charge is 0.381 e. The Balaban J connectivity index is 0.00000341. The second-order valence-electron chi connectivity index (χ2n) is 9.36. The van der Waals surface area contributed by atoms with E-state index in [2.05, 4.69) is 34.4 Å². The predicted octanol–water partition coefficient (Wildman–Crippen LogP) is 2.55. The molecule has 3 saturated heterocycles. The van der Waals surface area contributed by atoms with Gasteiger partial charge in [-0.05, 0) is 78.7 Å². The number of nitrogens with zero attached hydrogens (tertiary/aromatic N) is 3.